The van der Waals surface area contributed by atoms with E-state index in [2.05, 4.69) is 26.9 Å². The molecule has 1 aromatic heterocycles. The van der Waals surface area contributed by atoms with Crippen LogP contribution in [0.2, 0.25) is 0 Å². The fourth-order valence-electron chi connectivity index (χ4n) is 4.04. The zero-order valence-corrected chi connectivity index (χ0v) is 24.0. The first-order chi connectivity index (χ1) is 18.3. The first-order valence-electron chi connectivity index (χ1n) is 12.6. The average molecular weight is 576 g/mol. The lowest BCUT2D eigenvalue weighted by atomic mass is 10.1. The van der Waals surface area contributed by atoms with Gasteiger partial charge in [0.1, 0.15) is 22.4 Å². The number of hydrogen-bond donors (Lipinski definition) is 2. The molecule has 2 aliphatic rings. The van der Waals surface area contributed by atoms with Crippen LogP contribution in [0.1, 0.15) is 40.5 Å². The highest BCUT2D eigenvalue weighted by molar-refractivity contribution is 7.89. The highest BCUT2D eigenvalue weighted by Gasteiger charge is 2.34. The second-order valence-corrected chi connectivity index (χ2v) is 14.0. The highest BCUT2D eigenvalue weighted by atomic mass is 32.2. The first-order valence-corrected chi connectivity index (χ1v) is 15.5. The molecule has 1 amide bonds. The van der Waals surface area contributed by atoms with E-state index < -0.39 is 37.8 Å². The van der Waals surface area contributed by atoms with E-state index in [1.54, 1.807) is 52.0 Å². The molecule has 13 heteroatoms. The third kappa shape index (κ3) is 7.27. The normalized spacial score (nSPS) is 18.7. The minimum absolute atomic E-state index is 0.00776. The van der Waals surface area contributed by atoms with Gasteiger partial charge in [0.15, 0.2) is 0 Å². The lowest BCUT2D eigenvalue weighted by Crippen LogP contribution is -2.54. The third-order valence-corrected chi connectivity index (χ3v) is 9.42. The Morgan fingerprint density at radius 2 is 1.69 bits per heavy atom. The molecule has 1 unspecified atom stereocenters. The Bertz CT molecular complexity index is 1470. The number of nitrogens with one attached hydrogen (secondary N) is 2. The predicted molar refractivity (Wildman–Crippen MR) is 147 cm³/mol. The Labute approximate surface area is 230 Å². The molecule has 4 rings (SSSR count). The zero-order chi connectivity index (χ0) is 28.4. The Morgan fingerprint density at radius 3 is 2.26 bits per heavy atom. The molecule has 1 aliphatic heterocycles. The van der Waals surface area contributed by atoms with Gasteiger partial charge < -0.3 is 9.64 Å². The van der Waals surface area contributed by atoms with Gasteiger partial charge in [0, 0.05) is 37.6 Å². The molecule has 2 heterocycles. The third-order valence-electron chi connectivity index (χ3n) is 6.04. The number of hydrogen-bond acceptors (Lipinski definition) is 8. The Hall–Kier alpha value is -3.18. The molecule has 1 saturated heterocycles. The number of nitrogens with zero attached hydrogens (tertiary/aromatic N) is 3. The van der Waals surface area contributed by atoms with Crippen LogP contribution in [0, 0.1) is 11.8 Å². The first kappa shape index (κ1) is 28.8. The Balaban J connectivity index is 1.45. The molecular formula is C26H33N5O6S2. The minimum atomic E-state index is -3.88. The number of piperazine rings is 1. The van der Waals surface area contributed by atoms with Gasteiger partial charge in [-0.2, -0.15) is 4.31 Å². The van der Waals surface area contributed by atoms with Crippen LogP contribution in [-0.2, 0) is 24.8 Å². The molecule has 2 fully saturated rings. The van der Waals surface area contributed by atoms with Crippen LogP contribution in [0.3, 0.4) is 0 Å². The summed E-state index contributed by atoms with van der Waals surface area (Å²) in [6, 6.07) is 8.91. The smallest absolute Gasteiger partial charge is 0.413 e. The molecule has 2 N–H and O–H groups in total. The highest BCUT2D eigenvalue weighted by Crippen LogP contribution is 2.27. The van der Waals surface area contributed by atoms with Crippen LogP contribution in [-0.4, -0.2) is 69.5 Å². The molecule has 210 valence electrons. The number of amides is 1. The molecule has 0 radical (unpaired) electrons. The van der Waals surface area contributed by atoms with Crippen LogP contribution in [0.25, 0.3) is 0 Å². The van der Waals surface area contributed by atoms with Gasteiger partial charge in [-0.1, -0.05) is 5.92 Å². The summed E-state index contributed by atoms with van der Waals surface area (Å²) < 4.78 is 61.0. The number of pyridine rings is 1. The second kappa shape index (κ2) is 11.1. The fraction of sp³-hybridized carbons (Fsp3) is 0.462. The van der Waals surface area contributed by atoms with Crippen molar-refractivity contribution in [1.29, 1.82) is 0 Å². The maximum atomic E-state index is 13.4. The molecule has 2 aromatic rings. The molecular weight excluding hydrogens is 542 g/mol. The molecule has 0 spiro atoms. The van der Waals surface area contributed by atoms with Crippen molar-refractivity contribution in [3.63, 3.8) is 0 Å². The average Bonchev–Trinajstić information content (AvgIpc) is 3.67. The van der Waals surface area contributed by atoms with E-state index in [-0.39, 0.29) is 34.7 Å². The summed E-state index contributed by atoms with van der Waals surface area (Å²) in [5, 5.41) is 2.48. The number of ether oxygens (including phenoxy) is 1. The van der Waals surface area contributed by atoms with Crippen molar-refractivity contribution in [3.8, 4) is 11.8 Å². The summed E-state index contributed by atoms with van der Waals surface area (Å²) in [6.07, 6.45) is 2.22. The van der Waals surface area contributed by atoms with Crippen molar-refractivity contribution in [3.05, 3.63) is 42.6 Å². The number of rotatable bonds is 7. The molecule has 0 bridgehead atoms. The van der Waals surface area contributed by atoms with E-state index in [4.69, 9.17) is 4.74 Å². The van der Waals surface area contributed by atoms with E-state index >= 15 is 0 Å². The van der Waals surface area contributed by atoms with E-state index in [0.29, 0.717) is 6.54 Å². The number of sulfonamides is 2. The van der Waals surface area contributed by atoms with Gasteiger partial charge in [-0.3, -0.25) is 5.32 Å². The van der Waals surface area contributed by atoms with Gasteiger partial charge in [0.25, 0.3) is 0 Å². The van der Waals surface area contributed by atoms with Gasteiger partial charge in [0.2, 0.25) is 20.0 Å². The molecule has 1 atom stereocenters. The van der Waals surface area contributed by atoms with Gasteiger partial charge in [-0.25, -0.2) is 31.3 Å². The summed E-state index contributed by atoms with van der Waals surface area (Å²) in [5.74, 6) is 6.12. The summed E-state index contributed by atoms with van der Waals surface area (Å²) >= 11 is 0. The SMILES string of the molecule is CC#CC1CN(S(=O)(=O)c2ccc(NC(=O)OC(C)(C)C)nc2)CCN1c1ccc(S(=O)(=O)NC2CC2)cc1. The standard InChI is InChI=1S/C26H33N5O6S2/c1-5-6-21-18-30(39(35,36)23-13-14-24(27-17-23)28-25(32)37-26(2,3)4)15-16-31(21)20-9-11-22(12-10-20)38(33,34)29-19-7-8-19/h9-14,17,19,21,29H,7-8,15-16,18H2,1-4H3,(H,27,28,32). The van der Waals surface area contributed by atoms with Gasteiger partial charge in [-0.05, 0) is 76.9 Å². The number of anilines is 2. The van der Waals surface area contributed by atoms with Crippen LogP contribution in [0.4, 0.5) is 16.3 Å². The summed E-state index contributed by atoms with van der Waals surface area (Å²) in [7, 11) is -7.45. The quantitative estimate of drug-likeness (QED) is 0.481. The van der Waals surface area contributed by atoms with Crippen LogP contribution >= 0.6 is 0 Å². The Kier molecular flexibility index (Phi) is 8.22. The second-order valence-electron chi connectivity index (χ2n) is 10.4. The summed E-state index contributed by atoms with van der Waals surface area (Å²) in [4.78, 5) is 18.2. The number of benzene rings is 1. The van der Waals surface area contributed by atoms with Crippen LogP contribution < -0.4 is 14.9 Å². The van der Waals surface area contributed by atoms with Crippen molar-refractivity contribution in [1.82, 2.24) is 14.0 Å². The van der Waals surface area contributed by atoms with E-state index in [0.717, 1.165) is 18.5 Å². The Morgan fingerprint density at radius 1 is 1.03 bits per heavy atom. The van der Waals surface area contributed by atoms with Crippen molar-refractivity contribution in [2.45, 2.75) is 68.0 Å². The summed E-state index contributed by atoms with van der Waals surface area (Å²) in [6.45, 7) is 7.56. The van der Waals surface area contributed by atoms with Crippen molar-refractivity contribution < 1.29 is 26.4 Å². The fourth-order valence-corrected chi connectivity index (χ4v) is 6.73. The number of carbonyl (C=O) groups excluding carboxylic acids is 1. The zero-order valence-electron chi connectivity index (χ0n) is 22.3. The maximum Gasteiger partial charge on any atom is 0.413 e. The van der Waals surface area contributed by atoms with Gasteiger partial charge in [-0.15, -0.1) is 5.92 Å². The molecule has 39 heavy (non-hydrogen) atoms. The number of carbonyl (C=O) groups is 1. The van der Waals surface area contributed by atoms with Crippen LogP contribution in [0.15, 0.2) is 52.4 Å². The van der Waals surface area contributed by atoms with Crippen molar-refractivity contribution in [2.75, 3.05) is 29.9 Å². The lowest BCUT2D eigenvalue weighted by Gasteiger charge is -2.39. The van der Waals surface area contributed by atoms with Crippen molar-refractivity contribution in [2.24, 2.45) is 0 Å². The molecule has 1 aliphatic carbocycles. The van der Waals surface area contributed by atoms with E-state index in [9.17, 15) is 21.6 Å². The minimum Gasteiger partial charge on any atom is -0.444 e. The number of aromatic nitrogens is 1. The molecule has 1 saturated carbocycles. The lowest BCUT2D eigenvalue weighted by molar-refractivity contribution is 0.0635. The van der Waals surface area contributed by atoms with Crippen molar-refractivity contribution >= 4 is 37.6 Å². The summed E-state index contributed by atoms with van der Waals surface area (Å²) in [5.41, 5.74) is 0.0739. The van der Waals surface area contributed by atoms with E-state index in [1.807, 2.05) is 4.90 Å². The monoisotopic (exact) mass is 575 g/mol. The van der Waals surface area contributed by atoms with Crippen LogP contribution in [0.5, 0.6) is 0 Å². The predicted octanol–water partition coefficient (Wildman–Crippen LogP) is 2.77. The maximum absolute atomic E-state index is 13.4. The van der Waals surface area contributed by atoms with Gasteiger partial charge in [0.05, 0.1) is 4.90 Å². The topological polar surface area (TPSA) is 138 Å². The molecule has 1 aromatic carbocycles. The largest absolute Gasteiger partial charge is 0.444 e. The van der Waals surface area contributed by atoms with Gasteiger partial charge >= 0.3 is 6.09 Å². The molecule has 11 nitrogen and oxygen atoms in total. The van der Waals surface area contributed by atoms with E-state index in [1.165, 1.54) is 22.6 Å².